The monoisotopic (exact) mass is 391 g/mol. The minimum atomic E-state index is -0.160. The van der Waals surface area contributed by atoms with Crippen LogP contribution in [0, 0.1) is 0 Å². The first kappa shape index (κ1) is 18.8. The zero-order valence-electron chi connectivity index (χ0n) is 15.9. The molecule has 0 atom stereocenters. The maximum atomic E-state index is 12.4. The fourth-order valence-electron chi connectivity index (χ4n) is 3.22. The zero-order chi connectivity index (χ0) is 20.1. The first-order chi connectivity index (χ1) is 14.2. The van der Waals surface area contributed by atoms with Crippen molar-refractivity contribution in [3.05, 3.63) is 60.2 Å². The van der Waals surface area contributed by atoms with E-state index >= 15 is 0 Å². The highest BCUT2D eigenvalue weighted by molar-refractivity contribution is 5.96. The van der Waals surface area contributed by atoms with Crippen molar-refractivity contribution in [2.45, 2.75) is 25.7 Å². The van der Waals surface area contributed by atoms with E-state index in [1.165, 1.54) is 0 Å². The van der Waals surface area contributed by atoms with E-state index in [-0.39, 0.29) is 18.2 Å². The fraction of sp³-hybridized carbons (Fsp3) is 0.286. The Morgan fingerprint density at radius 3 is 2.48 bits per heavy atom. The van der Waals surface area contributed by atoms with Crippen LogP contribution in [0.15, 0.2) is 53.3 Å². The molecule has 0 bridgehead atoms. The summed E-state index contributed by atoms with van der Waals surface area (Å²) in [5.41, 5.74) is 2.10. The Balaban J connectivity index is 1.28. The summed E-state index contributed by atoms with van der Waals surface area (Å²) in [7, 11) is 0. The average Bonchev–Trinajstić information content (AvgIpc) is 3.45. The lowest BCUT2D eigenvalue weighted by Crippen LogP contribution is -2.27. The number of hydrogen-bond donors (Lipinski definition) is 1. The van der Waals surface area contributed by atoms with Crippen molar-refractivity contribution in [2.75, 3.05) is 18.4 Å². The summed E-state index contributed by atoms with van der Waals surface area (Å²) in [5.74, 6) is 0.758. The summed E-state index contributed by atoms with van der Waals surface area (Å²) in [6, 6.07) is 10.6. The van der Waals surface area contributed by atoms with Crippen LogP contribution in [0.2, 0.25) is 0 Å². The Kier molecular flexibility index (Phi) is 5.60. The van der Waals surface area contributed by atoms with Crippen molar-refractivity contribution < 1.29 is 14.1 Å². The molecule has 4 rings (SSSR count). The highest BCUT2D eigenvalue weighted by atomic mass is 16.5. The van der Waals surface area contributed by atoms with Crippen molar-refractivity contribution >= 4 is 17.5 Å². The van der Waals surface area contributed by atoms with Crippen molar-refractivity contribution in [3.63, 3.8) is 0 Å². The van der Waals surface area contributed by atoms with Crippen LogP contribution in [0.4, 0.5) is 5.69 Å². The number of pyridine rings is 1. The molecule has 3 aromatic rings. The molecule has 3 heterocycles. The van der Waals surface area contributed by atoms with Gasteiger partial charge in [0, 0.05) is 55.1 Å². The van der Waals surface area contributed by atoms with Crippen LogP contribution in [0.1, 0.15) is 35.5 Å². The van der Waals surface area contributed by atoms with E-state index in [2.05, 4.69) is 20.4 Å². The van der Waals surface area contributed by atoms with E-state index in [9.17, 15) is 9.59 Å². The quantitative estimate of drug-likeness (QED) is 0.693. The van der Waals surface area contributed by atoms with Gasteiger partial charge < -0.3 is 14.7 Å². The number of benzene rings is 1. The lowest BCUT2D eigenvalue weighted by Gasteiger charge is -2.15. The highest BCUT2D eigenvalue weighted by Gasteiger charge is 2.19. The minimum Gasteiger partial charge on any atom is -0.339 e. The fourth-order valence-corrected chi connectivity index (χ4v) is 3.22. The molecule has 2 amide bonds. The van der Waals surface area contributed by atoms with Gasteiger partial charge in [0.2, 0.25) is 17.6 Å². The second-order valence-electron chi connectivity index (χ2n) is 6.87. The van der Waals surface area contributed by atoms with Gasteiger partial charge in [-0.25, -0.2) is 0 Å². The number of rotatable bonds is 6. The van der Waals surface area contributed by atoms with Gasteiger partial charge >= 0.3 is 0 Å². The van der Waals surface area contributed by atoms with Gasteiger partial charge in [-0.05, 0) is 49.2 Å². The van der Waals surface area contributed by atoms with E-state index in [4.69, 9.17) is 4.52 Å². The van der Waals surface area contributed by atoms with E-state index in [1.807, 2.05) is 4.90 Å². The molecule has 1 fully saturated rings. The molecule has 0 radical (unpaired) electrons. The Bertz CT molecular complexity index is 979. The Morgan fingerprint density at radius 1 is 1.03 bits per heavy atom. The van der Waals surface area contributed by atoms with Gasteiger partial charge in [-0.2, -0.15) is 4.98 Å². The molecule has 0 saturated carbocycles. The molecule has 1 saturated heterocycles. The molecule has 1 N–H and O–H groups in total. The van der Waals surface area contributed by atoms with Gasteiger partial charge in [0.05, 0.1) is 0 Å². The van der Waals surface area contributed by atoms with Crippen LogP contribution in [0.25, 0.3) is 11.4 Å². The first-order valence-electron chi connectivity index (χ1n) is 9.61. The van der Waals surface area contributed by atoms with Crippen LogP contribution in [0.3, 0.4) is 0 Å². The van der Waals surface area contributed by atoms with Gasteiger partial charge in [-0.15, -0.1) is 0 Å². The van der Waals surface area contributed by atoms with E-state index < -0.39 is 0 Å². The first-order valence-corrected chi connectivity index (χ1v) is 9.61. The molecule has 0 unspecified atom stereocenters. The van der Waals surface area contributed by atoms with Gasteiger partial charge in [-0.1, -0.05) is 5.16 Å². The number of hydrogen-bond acceptors (Lipinski definition) is 6. The second-order valence-corrected chi connectivity index (χ2v) is 6.87. The molecule has 0 spiro atoms. The second kappa shape index (κ2) is 8.64. The number of nitrogens with one attached hydrogen (secondary N) is 1. The lowest BCUT2D eigenvalue weighted by atomic mass is 10.1. The third-order valence-electron chi connectivity index (χ3n) is 4.78. The van der Waals surface area contributed by atoms with Crippen LogP contribution >= 0.6 is 0 Å². The Morgan fingerprint density at radius 2 is 1.76 bits per heavy atom. The molecule has 2 aromatic heterocycles. The number of aryl methyl sites for hydroxylation is 1. The SMILES string of the molecule is O=C(CCc1nc(-c2ccncc2)no1)Nc1ccc(C(=O)N2CCCC2)cc1. The molecule has 8 heteroatoms. The summed E-state index contributed by atoms with van der Waals surface area (Å²) >= 11 is 0. The molecular formula is C21H21N5O3. The lowest BCUT2D eigenvalue weighted by molar-refractivity contribution is -0.116. The largest absolute Gasteiger partial charge is 0.339 e. The van der Waals surface area contributed by atoms with Gasteiger partial charge in [0.25, 0.3) is 5.91 Å². The number of nitrogens with zero attached hydrogens (tertiary/aromatic N) is 4. The van der Waals surface area contributed by atoms with E-state index in [1.54, 1.807) is 48.8 Å². The normalized spacial score (nSPS) is 13.4. The summed E-state index contributed by atoms with van der Waals surface area (Å²) in [6.07, 6.45) is 5.99. The highest BCUT2D eigenvalue weighted by Crippen LogP contribution is 2.17. The molecule has 8 nitrogen and oxygen atoms in total. The molecule has 1 aromatic carbocycles. The van der Waals surface area contributed by atoms with Crippen molar-refractivity contribution in [1.82, 2.24) is 20.0 Å². The predicted molar refractivity (Wildman–Crippen MR) is 106 cm³/mol. The molecule has 148 valence electrons. The summed E-state index contributed by atoms with van der Waals surface area (Å²) in [4.78, 5) is 34.7. The van der Waals surface area contributed by atoms with Gasteiger partial charge in [0.1, 0.15) is 0 Å². The average molecular weight is 391 g/mol. The van der Waals surface area contributed by atoms with Crippen LogP contribution in [-0.2, 0) is 11.2 Å². The standard InChI is InChI=1S/C21H21N5O3/c27-18(7-8-19-24-20(25-29-19)15-9-11-22-12-10-15)23-17-5-3-16(4-6-17)21(28)26-13-1-2-14-26/h3-6,9-12H,1-2,7-8,13-14H2,(H,23,27). The van der Waals surface area contributed by atoms with E-state index in [0.29, 0.717) is 29.4 Å². The molecule has 1 aliphatic rings. The molecule has 1 aliphatic heterocycles. The number of carbonyl (C=O) groups excluding carboxylic acids is 2. The summed E-state index contributed by atoms with van der Waals surface area (Å²) in [6.45, 7) is 1.63. The number of anilines is 1. The van der Waals surface area contributed by atoms with Crippen LogP contribution in [0.5, 0.6) is 0 Å². The summed E-state index contributed by atoms with van der Waals surface area (Å²) < 4.78 is 5.21. The predicted octanol–water partition coefficient (Wildman–Crippen LogP) is 2.94. The van der Waals surface area contributed by atoms with Crippen molar-refractivity contribution in [2.24, 2.45) is 0 Å². The number of aromatic nitrogens is 3. The molecule has 0 aliphatic carbocycles. The molecule has 29 heavy (non-hydrogen) atoms. The van der Waals surface area contributed by atoms with Crippen LogP contribution in [-0.4, -0.2) is 44.9 Å². The minimum absolute atomic E-state index is 0.0433. The summed E-state index contributed by atoms with van der Waals surface area (Å²) in [5, 5.41) is 6.75. The van der Waals surface area contributed by atoms with Gasteiger partial charge in [-0.3, -0.25) is 14.6 Å². The third-order valence-corrected chi connectivity index (χ3v) is 4.78. The number of likely N-dealkylation sites (tertiary alicyclic amines) is 1. The smallest absolute Gasteiger partial charge is 0.253 e. The maximum Gasteiger partial charge on any atom is 0.253 e. The van der Waals surface area contributed by atoms with Crippen LogP contribution < -0.4 is 5.32 Å². The van der Waals surface area contributed by atoms with E-state index in [0.717, 1.165) is 31.5 Å². The Hall–Kier alpha value is -3.55. The number of carbonyl (C=O) groups is 2. The van der Waals surface area contributed by atoms with Crippen molar-refractivity contribution in [3.8, 4) is 11.4 Å². The van der Waals surface area contributed by atoms with Crippen molar-refractivity contribution in [1.29, 1.82) is 0 Å². The topological polar surface area (TPSA) is 101 Å². The molecular weight excluding hydrogens is 370 g/mol. The van der Waals surface area contributed by atoms with Gasteiger partial charge in [0.15, 0.2) is 0 Å². The maximum absolute atomic E-state index is 12.4. The Labute approximate surface area is 167 Å². The third kappa shape index (κ3) is 4.66. The number of amides is 2. The zero-order valence-corrected chi connectivity index (χ0v) is 15.9.